The van der Waals surface area contributed by atoms with Gasteiger partial charge < -0.3 is 14.5 Å². The minimum atomic E-state index is -0.694. The van der Waals surface area contributed by atoms with Crippen molar-refractivity contribution in [1.29, 1.82) is 0 Å². The molecule has 0 spiro atoms. The fourth-order valence-electron chi connectivity index (χ4n) is 2.63. The number of esters is 1. The summed E-state index contributed by atoms with van der Waals surface area (Å²) in [5, 5.41) is 0.613. The minimum Gasteiger partial charge on any atom is -0.466 e. The highest BCUT2D eigenvalue weighted by Crippen LogP contribution is 2.36. The maximum Gasteiger partial charge on any atom is 0.310 e. The molecule has 1 N–H and O–H groups in total. The van der Waals surface area contributed by atoms with Crippen LogP contribution < -0.4 is 4.74 Å². The Balaban J connectivity index is 2.08. The Hall–Kier alpha value is -3.40. The zero-order chi connectivity index (χ0) is 18.7. The Bertz CT molecular complexity index is 1020. The van der Waals surface area contributed by atoms with E-state index in [1.54, 1.807) is 19.2 Å². The quantitative estimate of drug-likeness (QED) is 0.523. The first kappa shape index (κ1) is 17.4. The van der Waals surface area contributed by atoms with Crippen LogP contribution in [0.5, 0.6) is 11.5 Å². The lowest BCUT2D eigenvalue weighted by Gasteiger charge is -2.14. The molecule has 3 rings (SSSR count). The molecule has 0 bridgehead atoms. The highest BCUT2D eigenvalue weighted by molar-refractivity contribution is 5.89. The summed E-state index contributed by atoms with van der Waals surface area (Å²) in [6.45, 7) is 8.84. The molecule has 0 atom stereocenters. The summed E-state index contributed by atoms with van der Waals surface area (Å²) in [4.78, 5) is 17.9. The Kier molecular flexibility index (Phi) is 4.85. The van der Waals surface area contributed by atoms with Crippen LogP contribution in [-0.2, 0) is 16.0 Å². The van der Waals surface area contributed by atoms with Gasteiger partial charge in [0.15, 0.2) is 11.6 Å². The molecule has 2 aromatic carbocycles. The second-order valence-electron chi connectivity index (χ2n) is 5.41. The lowest BCUT2D eigenvalue weighted by atomic mass is 10.1. The van der Waals surface area contributed by atoms with Gasteiger partial charge in [0.05, 0.1) is 19.6 Å². The summed E-state index contributed by atoms with van der Waals surface area (Å²) in [6.07, 6.45) is 1.43. The van der Waals surface area contributed by atoms with Crippen molar-refractivity contribution in [3.05, 3.63) is 65.1 Å². The van der Waals surface area contributed by atoms with E-state index in [0.29, 0.717) is 16.5 Å². The molecule has 0 aliphatic rings. The standard InChI is InChI=1S/C19H14F2N2O3/c1-3-25-18(24)9-13-12-6-7-23-16(12)10-15(21)19(13)26-11-4-5-14(20)17(8-11)22-2/h4-8,10,23H,3,9H2,1H3. The number of hydrogen-bond acceptors (Lipinski definition) is 3. The lowest BCUT2D eigenvalue weighted by Crippen LogP contribution is -2.09. The number of ether oxygens (including phenoxy) is 2. The normalized spacial score (nSPS) is 10.5. The molecule has 0 saturated heterocycles. The van der Waals surface area contributed by atoms with Crippen molar-refractivity contribution in [3.63, 3.8) is 0 Å². The van der Waals surface area contributed by atoms with Crippen molar-refractivity contribution in [1.82, 2.24) is 4.98 Å². The molecule has 1 aromatic heterocycles. The summed E-state index contributed by atoms with van der Waals surface area (Å²) in [5.41, 5.74) is 0.584. The van der Waals surface area contributed by atoms with Crippen LogP contribution in [0.2, 0.25) is 0 Å². The average molecular weight is 356 g/mol. The molecular formula is C19H14F2N2O3. The van der Waals surface area contributed by atoms with Crippen molar-refractivity contribution in [3.8, 4) is 11.5 Å². The number of carbonyl (C=O) groups is 1. The number of carbonyl (C=O) groups excluding carboxylic acids is 1. The Labute approximate surface area is 148 Å². The number of hydrogen-bond donors (Lipinski definition) is 1. The van der Waals surface area contributed by atoms with Gasteiger partial charge >= 0.3 is 5.97 Å². The number of nitrogens with zero attached hydrogens (tertiary/aromatic N) is 1. The van der Waals surface area contributed by atoms with Gasteiger partial charge in [0.1, 0.15) is 11.6 Å². The van der Waals surface area contributed by atoms with E-state index in [2.05, 4.69) is 9.83 Å². The number of nitrogens with one attached hydrogen (secondary N) is 1. The number of H-pyrrole nitrogens is 1. The van der Waals surface area contributed by atoms with Crippen LogP contribution >= 0.6 is 0 Å². The van der Waals surface area contributed by atoms with Crippen LogP contribution in [0.1, 0.15) is 12.5 Å². The molecule has 0 saturated carbocycles. The Morgan fingerprint density at radius 2 is 2.04 bits per heavy atom. The van der Waals surface area contributed by atoms with Gasteiger partial charge in [0.2, 0.25) is 5.69 Å². The molecule has 0 aliphatic heterocycles. The fraction of sp³-hybridized carbons (Fsp3) is 0.158. The summed E-state index contributed by atoms with van der Waals surface area (Å²) >= 11 is 0. The second kappa shape index (κ2) is 7.23. The number of aromatic amines is 1. The number of aromatic nitrogens is 1. The molecule has 26 heavy (non-hydrogen) atoms. The molecule has 3 aromatic rings. The molecule has 132 valence electrons. The van der Waals surface area contributed by atoms with E-state index in [9.17, 15) is 13.6 Å². The Morgan fingerprint density at radius 3 is 2.77 bits per heavy atom. The zero-order valence-corrected chi connectivity index (χ0v) is 13.8. The van der Waals surface area contributed by atoms with Crippen LogP contribution in [0.25, 0.3) is 15.7 Å². The van der Waals surface area contributed by atoms with Crippen LogP contribution in [0.15, 0.2) is 36.5 Å². The minimum absolute atomic E-state index is 0.0938. The van der Waals surface area contributed by atoms with E-state index >= 15 is 0 Å². The SMILES string of the molecule is [C-]#[N+]c1cc(Oc2c(F)cc3[nH]ccc3c2CC(=O)OCC)ccc1F. The zero-order valence-electron chi connectivity index (χ0n) is 13.8. The predicted molar refractivity (Wildman–Crippen MR) is 91.3 cm³/mol. The van der Waals surface area contributed by atoms with Gasteiger partial charge in [-0.1, -0.05) is 0 Å². The first-order chi connectivity index (χ1) is 12.5. The van der Waals surface area contributed by atoms with Crippen LogP contribution in [0.3, 0.4) is 0 Å². The molecule has 0 fully saturated rings. The third-order valence-corrected chi connectivity index (χ3v) is 3.75. The average Bonchev–Trinajstić information content (AvgIpc) is 3.07. The van der Waals surface area contributed by atoms with Crippen molar-refractivity contribution < 1.29 is 23.0 Å². The number of benzene rings is 2. The van der Waals surface area contributed by atoms with E-state index in [0.717, 1.165) is 6.07 Å². The Morgan fingerprint density at radius 1 is 1.23 bits per heavy atom. The smallest absolute Gasteiger partial charge is 0.310 e. The van der Waals surface area contributed by atoms with Crippen LogP contribution in [0.4, 0.5) is 14.5 Å². The fourth-order valence-corrected chi connectivity index (χ4v) is 2.63. The lowest BCUT2D eigenvalue weighted by molar-refractivity contribution is -0.142. The van der Waals surface area contributed by atoms with E-state index in [1.165, 1.54) is 18.2 Å². The van der Waals surface area contributed by atoms with Gasteiger partial charge in [0, 0.05) is 28.7 Å². The topological polar surface area (TPSA) is 55.7 Å². The third kappa shape index (κ3) is 3.35. The molecular weight excluding hydrogens is 342 g/mol. The molecule has 0 radical (unpaired) electrons. The van der Waals surface area contributed by atoms with Gasteiger partial charge in [0.25, 0.3) is 0 Å². The van der Waals surface area contributed by atoms with E-state index < -0.39 is 17.6 Å². The first-order valence-corrected chi connectivity index (χ1v) is 7.82. The number of halogens is 2. The summed E-state index contributed by atoms with van der Waals surface area (Å²) < 4.78 is 38.6. The number of fused-ring (bicyclic) bond motifs is 1. The predicted octanol–water partition coefficient (Wildman–Crippen LogP) is 4.89. The largest absolute Gasteiger partial charge is 0.466 e. The third-order valence-electron chi connectivity index (χ3n) is 3.75. The van der Waals surface area contributed by atoms with Crippen molar-refractivity contribution >= 4 is 22.6 Å². The van der Waals surface area contributed by atoms with Crippen molar-refractivity contribution in [2.45, 2.75) is 13.3 Å². The van der Waals surface area contributed by atoms with Crippen LogP contribution in [0, 0.1) is 18.2 Å². The molecule has 5 nitrogen and oxygen atoms in total. The summed E-state index contributed by atoms with van der Waals surface area (Å²) in [5.74, 6) is -1.97. The molecule has 7 heteroatoms. The monoisotopic (exact) mass is 356 g/mol. The maximum absolute atomic E-state index is 14.6. The number of rotatable bonds is 5. The summed E-state index contributed by atoms with van der Waals surface area (Å²) in [6, 6.07) is 6.49. The summed E-state index contributed by atoms with van der Waals surface area (Å²) in [7, 11) is 0. The van der Waals surface area contributed by atoms with Gasteiger partial charge in [-0.2, -0.15) is 0 Å². The van der Waals surface area contributed by atoms with E-state index in [4.69, 9.17) is 16.0 Å². The molecule has 0 amide bonds. The van der Waals surface area contributed by atoms with Gasteiger partial charge in [-0.15, -0.1) is 0 Å². The highest BCUT2D eigenvalue weighted by atomic mass is 19.1. The van der Waals surface area contributed by atoms with Crippen LogP contribution in [-0.4, -0.2) is 17.6 Å². The van der Waals surface area contributed by atoms with Crippen molar-refractivity contribution in [2.75, 3.05) is 6.61 Å². The van der Waals surface area contributed by atoms with E-state index in [1.807, 2.05) is 0 Å². The highest BCUT2D eigenvalue weighted by Gasteiger charge is 2.20. The van der Waals surface area contributed by atoms with Gasteiger partial charge in [-0.3, -0.25) is 4.79 Å². The van der Waals surface area contributed by atoms with Gasteiger partial charge in [-0.25, -0.2) is 13.6 Å². The second-order valence-corrected chi connectivity index (χ2v) is 5.41. The maximum atomic E-state index is 14.6. The molecule has 0 unspecified atom stereocenters. The van der Waals surface area contributed by atoms with Crippen molar-refractivity contribution in [2.24, 2.45) is 0 Å². The first-order valence-electron chi connectivity index (χ1n) is 7.82. The van der Waals surface area contributed by atoms with E-state index in [-0.39, 0.29) is 30.2 Å². The molecule has 0 aliphatic carbocycles. The van der Waals surface area contributed by atoms with Gasteiger partial charge in [-0.05, 0) is 31.2 Å². The molecule has 1 heterocycles.